The zero-order valence-corrected chi connectivity index (χ0v) is 12.2. The number of aryl methyl sites for hydroxylation is 2. The van der Waals surface area contributed by atoms with E-state index in [1.54, 1.807) is 0 Å². The summed E-state index contributed by atoms with van der Waals surface area (Å²) in [5.74, 6) is 3.77. The summed E-state index contributed by atoms with van der Waals surface area (Å²) in [6.45, 7) is 4.38. The number of hydrogen-bond donors (Lipinski definition) is 1. The van der Waals surface area contributed by atoms with Crippen LogP contribution in [0.4, 0.5) is 0 Å². The third-order valence-corrected chi connectivity index (χ3v) is 6.34. The minimum absolute atomic E-state index is 0.299. The van der Waals surface area contributed by atoms with Gasteiger partial charge in [0.25, 0.3) is 0 Å². The van der Waals surface area contributed by atoms with Crippen LogP contribution < -0.4 is 5.73 Å². The van der Waals surface area contributed by atoms with Crippen LogP contribution in [0.25, 0.3) is 0 Å². The molecule has 2 N–H and O–H groups in total. The molecule has 94 valence electrons. The summed E-state index contributed by atoms with van der Waals surface area (Å²) in [6.07, 6.45) is 1.02. The van der Waals surface area contributed by atoms with Crippen LogP contribution in [0.1, 0.15) is 16.7 Å². The Morgan fingerprint density at radius 3 is 2.59 bits per heavy atom. The van der Waals surface area contributed by atoms with Crippen molar-refractivity contribution in [3.63, 3.8) is 0 Å². The normalized spacial score (nSPS) is 22.4. The highest BCUT2D eigenvalue weighted by Gasteiger charge is 2.22. The second kappa shape index (κ2) is 6.17. The van der Waals surface area contributed by atoms with Gasteiger partial charge in [-0.25, -0.2) is 0 Å². The summed E-state index contributed by atoms with van der Waals surface area (Å²) < 4.78 is 0. The van der Waals surface area contributed by atoms with Gasteiger partial charge in [-0.3, -0.25) is 0 Å². The maximum absolute atomic E-state index is 6.38. The van der Waals surface area contributed by atoms with Crippen LogP contribution in [0.15, 0.2) is 18.2 Å². The average molecular weight is 267 g/mol. The smallest absolute Gasteiger partial charge is 0.0293 e. The number of benzene rings is 1. The number of hydrogen-bond acceptors (Lipinski definition) is 3. The van der Waals surface area contributed by atoms with Crippen molar-refractivity contribution in [3.05, 3.63) is 34.9 Å². The van der Waals surface area contributed by atoms with Crippen LogP contribution in [0.2, 0.25) is 0 Å². The topological polar surface area (TPSA) is 26.0 Å². The number of nitrogens with two attached hydrogens (primary N) is 1. The van der Waals surface area contributed by atoms with Crippen LogP contribution in [-0.4, -0.2) is 28.6 Å². The molecule has 1 saturated heterocycles. The van der Waals surface area contributed by atoms with Crippen molar-refractivity contribution in [3.8, 4) is 0 Å². The Hall–Kier alpha value is -0.120. The molecule has 0 bridgehead atoms. The Balaban J connectivity index is 2.04. The molecule has 1 aliphatic heterocycles. The fraction of sp³-hybridized carbons (Fsp3) is 0.571. The molecule has 1 nitrogen and oxygen atoms in total. The predicted octanol–water partition coefficient (Wildman–Crippen LogP) is 3.02. The van der Waals surface area contributed by atoms with E-state index >= 15 is 0 Å². The molecule has 1 aliphatic rings. The molecule has 0 aliphatic carbocycles. The largest absolute Gasteiger partial charge is 0.326 e. The Morgan fingerprint density at radius 1 is 1.29 bits per heavy atom. The van der Waals surface area contributed by atoms with Crippen LogP contribution in [0, 0.1) is 13.8 Å². The van der Waals surface area contributed by atoms with E-state index in [0.29, 0.717) is 11.3 Å². The summed E-state index contributed by atoms with van der Waals surface area (Å²) in [5, 5.41) is 0.632. The van der Waals surface area contributed by atoms with Gasteiger partial charge in [0.15, 0.2) is 0 Å². The monoisotopic (exact) mass is 267 g/mol. The summed E-state index contributed by atoms with van der Waals surface area (Å²) in [7, 11) is 0. The molecule has 2 rings (SSSR count). The van der Waals surface area contributed by atoms with Crippen LogP contribution in [0.3, 0.4) is 0 Å². The molecule has 1 fully saturated rings. The van der Waals surface area contributed by atoms with Gasteiger partial charge in [-0.15, -0.1) is 0 Å². The highest BCUT2D eigenvalue weighted by atomic mass is 32.2. The van der Waals surface area contributed by atoms with E-state index in [9.17, 15) is 0 Å². The van der Waals surface area contributed by atoms with Crippen molar-refractivity contribution in [1.82, 2.24) is 0 Å². The first kappa shape index (κ1) is 13.3. The molecule has 2 atom stereocenters. The maximum Gasteiger partial charge on any atom is 0.0293 e. The first-order chi connectivity index (χ1) is 8.18. The lowest BCUT2D eigenvalue weighted by Gasteiger charge is -2.27. The quantitative estimate of drug-likeness (QED) is 0.911. The summed E-state index contributed by atoms with van der Waals surface area (Å²) in [4.78, 5) is 0. The lowest BCUT2D eigenvalue weighted by molar-refractivity contribution is 0.660. The van der Waals surface area contributed by atoms with Gasteiger partial charge >= 0.3 is 0 Å². The zero-order chi connectivity index (χ0) is 12.3. The van der Waals surface area contributed by atoms with Crippen LogP contribution in [0.5, 0.6) is 0 Å². The first-order valence-corrected chi connectivity index (χ1v) is 8.39. The van der Waals surface area contributed by atoms with E-state index in [-0.39, 0.29) is 0 Å². The van der Waals surface area contributed by atoms with Gasteiger partial charge in [0, 0.05) is 28.6 Å². The van der Waals surface area contributed by atoms with E-state index < -0.39 is 0 Å². The van der Waals surface area contributed by atoms with Crippen molar-refractivity contribution < 1.29 is 0 Å². The Kier molecular flexibility index (Phi) is 4.83. The van der Waals surface area contributed by atoms with Crippen molar-refractivity contribution in [2.24, 2.45) is 5.73 Å². The average Bonchev–Trinajstić information content (AvgIpc) is 2.35. The number of thioether (sulfide) groups is 2. The molecular weight excluding hydrogens is 246 g/mol. The Morgan fingerprint density at radius 2 is 2.00 bits per heavy atom. The van der Waals surface area contributed by atoms with Gasteiger partial charge in [-0.2, -0.15) is 23.5 Å². The number of rotatable bonds is 3. The SMILES string of the molecule is Cc1cccc(C)c1CC(N)C1CSCCS1. The van der Waals surface area contributed by atoms with Crippen molar-refractivity contribution in [2.45, 2.75) is 31.6 Å². The third-order valence-electron chi connectivity index (χ3n) is 3.40. The van der Waals surface area contributed by atoms with Crippen LogP contribution >= 0.6 is 23.5 Å². The fourth-order valence-electron chi connectivity index (χ4n) is 2.29. The van der Waals surface area contributed by atoms with Gasteiger partial charge in [0.2, 0.25) is 0 Å². The first-order valence-electron chi connectivity index (χ1n) is 6.18. The lowest BCUT2D eigenvalue weighted by Crippen LogP contribution is -2.38. The molecule has 0 spiro atoms. The molecule has 17 heavy (non-hydrogen) atoms. The molecule has 3 heteroatoms. The predicted molar refractivity (Wildman–Crippen MR) is 81.2 cm³/mol. The minimum atomic E-state index is 0.299. The molecule has 0 radical (unpaired) electrons. The highest BCUT2D eigenvalue weighted by molar-refractivity contribution is 8.06. The standard InChI is InChI=1S/C14H21NS2/c1-10-4-3-5-11(2)12(10)8-13(15)14-9-16-6-7-17-14/h3-5,13-14H,6-9,15H2,1-2H3. The molecule has 1 aromatic rings. The fourth-order valence-corrected chi connectivity index (χ4v) is 5.11. The van der Waals surface area contributed by atoms with Crippen molar-refractivity contribution in [1.29, 1.82) is 0 Å². The Labute approximate surface area is 113 Å². The molecular formula is C14H21NS2. The van der Waals surface area contributed by atoms with Gasteiger partial charge in [0.05, 0.1) is 0 Å². The zero-order valence-electron chi connectivity index (χ0n) is 10.6. The van der Waals surface area contributed by atoms with Gasteiger partial charge in [0.1, 0.15) is 0 Å². The van der Waals surface area contributed by atoms with E-state index in [1.807, 2.05) is 11.8 Å². The van der Waals surface area contributed by atoms with Gasteiger partial charge in [-0.05, 0) is 37.0 Å². The Bertz CT molecular complexity index is 352. The van der Waals surface area contributed by atoms with E-state index in [1.165, 1.54) is 33.9 Å². The van der Waals surface area contributed by atoms with Gasteiger partial charge in [-0.1, -0.05) is 18.2 Å². The minimum Gasteiger partial charge on any atom is -0.326 e. The lowest BCUT2D eigenvalue weighted by atomic mass is 9.96. The van der Waals surface area contributed by atoms with E-state index in [0.717, 1.165) is 6.42 Å². The molecule has 0 aromatic heterocycles. The van der Waals surface area contributed by atoms with Gasteiger partial charge < -0.3 is 5.73 Å². The highest BCUT2D eigenvalue weighted by Crippen LogP contribution is 2.28. The second-order valence-electron chi connectivity index (χ2n) is 4.72. The maximum atomic E-state index is 6.38. The summed E-state index contributed by atoms with van der Waals surface area (Å²) in [6, 6.07) is 6.81. The molecule has 0 amide bonds. The summed E-state index contributed by atoms with van der Waals surface area (Å²) >= 11 is 4.11. The second-order valence-corrected chi connectivity index (χ2v) is 7.22. The van der Waals surface area contributed by atoms with Crippen LogP contribution in [-0.2, 0) is 6.42 Å². The van der Waals surface area contributed by atoms with E-state index in [4.69, 9.17) is 5.73 Å². The molecule has 1 heterocycles. The molecule has 2 unspecified atom stereocenters. The third kappa shape index (κ3) is 3.43. The summed E-state index contributed by atoms with van der Waals surface area (Å²) in [5.41, 5.74) is 10.6. The van der Waals surface area contributed by atoms with E-state index in [2.05, 4.69) is 43.8 Å². The van der Waals surface area contributed by atoms with Crippen molar-refractivity contribution in [2.75, 3.05) is 17.3 Å². The molecule has 0 saturated carbocycles. The van der Waals surface area contributed by atoms with Crippen molar-refractivity contribution >= 4 is 23.5 Å². The molecule has 1 aromatic carbocycles.